The van der Waals surface area contributed by atoms with Crippen molar-refractivity contribution >= 4 is 11.5 Å². The fraction of sp³-hybridized carbons (Fsp3) is 0.538. The molecule has 2 atom stereocenters. The summed E-state index contributed by atoms with van der Waals surface area (Å²) in [4.78, 5) is 6.57. The molecule has 2 heterocycles. The number of hydrogen-bond acceptors (Lipinski definition) is 4. The molecule has 0 amide bonds. The van der Waals surface area contributed by atoms with Crippen molar-refractivity contribution in [1.82, 2.24) is 4.98 Å². The highest BCUT2D eigenvalue weighted by Crippen LogP contribution is 2.26. The lowest BCUT2D eigenvalue weighted by Crippen LogP contribution is -2.39. The quantitative estimate of drug-likeness (QED) is 0.801. The number of hydrogen-bond donors (Lipinski definition) is 1. The SMILES string of the molecule is CC1CC(C)CN(c2ccc(N)c(C#N)n2)C1. The fourth-order valence-electron chi connectivity index (χ4n) is 2.58. The Morgan fingerprint density at radius 2 is 2.00 bits per heavy atom. The van der Waals surface area contributed by atoms with E-state index in [2.05, 4.69) is 23.7 Å². The molecule has 90 valence electrons. The van der Waals surface area contributed by atoms with E-state index in [1.54, 1.807) is 6.07 Å². The third-order valence-electron chi connectivity index (χ3n) is 3.21. The van der Waals surface area contributed by atoms with Crippen LogP contribution in [0.5, 0.6) is 0 Å². The number of nitrogen functional groups attached to an aromatic ring is 1. The molecule has 0 saturated carbocycles. The first-order valence-corrected chi connectivity index (χ1v) is 6.01. The molecule has 1 aliphatic heterocycles. The van der Waals surface area contributed by atoms with Gasteiger partial charge in [0.15, 0.2) is 5.69 Å². The first kappa shape index (κ1) is 11.7. The molecule has 1 aliphatic rings. The van der Waals surface area contributed by atoms with Crippen molar-refractivity contribution in [3.8, 4) is 6.07 Å². The van der Waals surface area contributed by atoms with Crippen LogP contribution in [0.2, 0.25) is 0 Å². The Kier molecular flexibility index (Phi) is 3.19. The Morgan fingerprint density at radius 1 is 1.35 bits per heavy atom. The standard InChI is InChI=1S/C13H18N4/c1-9-5-10(2)8-17(7-9)13-4-3-11(15)12(6-14)16-13/h3-4,9-10H,5,7-8,15H2,1-2H3. The Hall–Kier alpha value is -1.76. The molecule has 1 saturated heterocycles. The van der Waals surface area contributed by atoms with Crippen molar-refractivity contribution < 1.29 is 0 Å². The molecule has 4 heteroatoms. The molecular formula is C13H18N4. The zero-order valence-electron chi connectivity index (χ0n) is 10.3. The minimum Gasteiger partial charge on any atom is -0.396 e. The summed E-state index contributed by atoms with van der Waals surface area (Å²) in [5.74, 6) is 2.21. The first-order chi connectivity index (χ1) is 8.10. The minimum absolute atomic E-state index is 0.327. The largest absolute Gasteiger partial charge is 0.396 e. The normalized spacial score (nSPS) is 24.4. The van der Waals surface area contributed by atoms with Crippen LogP contribution >= 0.6 is 0 Å². The molecule has 2 N–H and O–H groups in total. The van der Waals surface area contributed by atoms with E-state index in [9.17, 15) is 0 Å². The van der Waals surface area contributed by atoms with Crippen LogP contribution in [0.1, 0.15) is 26.0 Å². The van der Waals surface area contributed by atoms with E-state index in [4.69, 9.17) is 11.0 Å². The molecule has 2 unspecified atom stereocenters. The average molecular weight is 230 g/mol. The zero-order chi connectivity index (χ0) is 12.4. The summed E-state index contributed by atoms with van der Waals surface area (Å²) >= 11 is 0. The third kappa shape index (κ3) is 2.50. The minimum atomic E-state index is 0.327. The second kappa shape index (κ2) is 4.62. The van der Waals surface area contributed by atoms with Gasteiger partial charge in [0.25, 0.3) is 0 Å². The van der Waals surface area contributed by atoms with Crippen LogP contribution in [-0.2, 0) is 0 Å². The highest BCUT2D eigenvalue weighted by atomic mass is 15.2. The molecule has 0 radical (unpaired) electrons. The number of aromatic nitrogens is 1. The number of pyridine rings is 1. The van der Waals surface area contributed by atoms with Gasteiger partial charge in [0.2, 0.25) is 0 Å². The first-order valence-electron chi connectivity index (χ1n) is 6.01. The van der Waals surface area contributed by atoms with Gasteiger partial charge in [-0.25, -0.2) is 4.98 Å². The Balaban J connectivity index is 2.25. The van der Waals surface area contributed by atoms with Crippen LogP contribution in [0.4, 0.5) is 11.5 Å². The van der Waals surface area contributed by atoms with Crippen molar-refractivity contribution in [2.75, 3.05) is 23.7 Å². The molecule has 0 bridgehead atoms. The Labute approximate surface area is 102 Å². The van der Waals surface area contributed by atoms with E-state index in [1.165, 1.54) is 6.42 Å². The maximum Gasteiger partial charge on any atom is 0.165 e. The van der Waals surface area contributed by atoms with Gasteiger partial charge in [0, 0.05) is 13.1 Å². The number of anilines is 2. The molecule has 0 aliphatic carbocycles. The van der Waals surface area contributed by atoms with Crippen LogP contribution in [0.15, 0.2) is 12.1 Å². The van der Waals surface area contributed by atoms with Crippen LogP contribution in [0, 0.1) is 23.2 Å². The molecule has 17 heavy (non-hydrogen) atoms. The molecule has 0 spiro atoms. The van der Waals surface area contributed by atoms with E-state index in [0.29, 0.717) is 23.2 Å². The van der Waals surface area contributed by atoms with Crippen molar-refractivity contribution in [1.29, 1.82) is 5.26 Å². The number of piperidine rings is 1. The summed E-state index contributed by atoms with van der Waals surface area (Å²) in [6.07, 6.45) is 1.26. The lowest BCUT2D eigenvalue weighted by Gasteiger charge is -2.35. The van der Waals surface area contributed by atoms with Gasteiger partial charge in [0.1, 0.15) is 11.9 Å². The highest BCUT2D eigenvalue weighted by molar-refractivity contribution is 5.55. The second-order valence-electron chi connectivity index (χ2n) is 5.07. The monoisotopic (exact) mass is 230 g/mol. The topological polar surface area (TPSA) is 65.9 Å². The highest BCUT2D eigenvalue weighted by Gasteiger charge is 2.23. The van der Waals surface area contributed by atoms with Crippen LogP contribution in [0.25, 0.3) is 0 Å². The fourth-order valence-corrected chi connectivity index (χ4v) is 2.58. The molecule has 1 aromatic rings. The van der Waals surface area contributed by atoms with Crippen LogP contribution < -0.4 is 10.6 Å². The van der Waals surface area contributed by atoms with Gasteiger partial charge in [-0.2, -0.15) is 5.26 Å². The second-order valence-corrected chi connectivity index (χ2v) is 5.07. The number of rotatable bonds is 1. The van der Waals surface area contributed by atoms with E-state index in [-0.39, 0.29) is 0 Å². The number of nitrogens with two attached hydrogens (primary N) is 1. The Morgan fingerprint density at radius 3 is 2.59 bits per heavy atom. The predicted molar refractivity (Wildman–Crippen MR) is 68.5 cm³/mol. The molecule has 1 aromatic heterocycles. The van der Waals surface area contributed by atoms with Crippen molar-refractivity contribution in [2.24, 2.45) is 11.8 Å². The summed E-state index contributed by atoms with van der Waals surface area (Å²) < 4.78 is 0. The number of nitrogens with zero attached hydrogens (tertiary/aromatic N) is 3. The molecule has 2 rings (SSSR count). The summed E-state index contributed by atoms with van der Waals surface area (Å²) in [7, 11) is 0. The van der Waals surface area contributed by atoms with Gasteiger partial charge in [-0.3, -0.25) is 0 Å². The molecular weight excluding hydrogens is 212 g/mol. The lowest BCUT2D eigenvalue weighted by atomic mass is 9.92. The van der Waals surface area contributed by atoms with Gasteiger partial charge >= 0.3 is 0 Å². The summed E-state index contributed by atoms with van der Waals surface area (Å²) in [5, 5.41) is 8.93. The van der Waals surface area contributed by atoms with Crippen LogP contribution in [0.3, 0.4) is 0 Å². The third-order valence-corrected chi connectivity index (χ3v) is 3.21. The Bertz CT molecular complexity index is 439. The molecule has 1 fully saturated rings. The predicted octanol–water partition coefficient (Wildman–Crippen LogP) is 2.02. The zero-order valence-corrected chi connectivity index (χ0v) is 10.3. The van der Waals surface area contributed by atoms with Gasteiger partial charge in [-0.15, -0.1) is 0 Å². The smallest absolute Gasteiger partial charge is 0.165 e. The van der Waals surface area contributed by atoms with Crippen molar-refractivity contribution in [2.45, 2.75) is 20.3 Å². The molecule has 0 aromatic carbocycles. The van der Waals surface area contributed by atoms with Crippen molar-refractivity contribution in [3.05, 3.63) is 17.8 Å². The van der Waals surface area contributed by atoms with Gasteiger partial charge in [0.05, 0.1) is 5.69 Å². The van der Waals surface area contributed by atoms with Crippen LogP contribution in [-0.4, -0.2) is 18.1 Å². The summed E-state index contributed by atoms with van der Waals surface area (Å²) in [6, 6.07) is 5.71. The number of nitriles is 1. The average Bonchev–Trinajstić information content (AvgIpc) is 2.28. The van der Waals surface area contributed by atoms with E-state index < -0.39 is 0 Å². The van der Waals surface area contributed by atoms with Gasteiger partial charge in [-0.05, 0) is 30.4 Å². The lowest BCUT2D eigenvalue weighted by molar-refractivity contribution is 0.355. The summed E-state index contributed by atoms with van der Waals surface area (Å²) in [6.45, 7) is 6.52. The van der Waals surface area contributed by atoms with Gasteiger partial charge < -0.3 is 10.6 Å². The summed E-state index contributed by atoms with van der Waals surface area (Å²) in [5.41, 5.74) is 6.46. The maximum absolute atomic E-state index is 8.93. The molecule has 4 nitrogen and oxygen atoms in total. The van der Waals surface area contributed by atoms with E-state index in [0.717, 1.165) is 18.9 Å². The van der Waals surface area contributed by atoms with Gasteiger partial charge in [-0.1, -0.05) is 13.8 Å². The maximum atomic E-state index is 8.93. The van der Waals surface area contributed by atoms with E-state index >= 15 is 0 Å². The van der Waals surface area contributed by atoms with E-state index in [1.807, 2.05) is 12.1 Å². The van der Waals surface area contributed by atoms with Crippen molar-refractivity contribution in [3.63, 3.8) is 0 Å².